The van der Waals surface area contributed by atoms with Gasteiger partial charge in [-0.2, -0.15) is 21.6 Å². The largest absolute Gasteiger partial charge is 0.451 e. The maximum Gasteiger partial charge on any atom is 0.436 e. The molecule has 0 spiro atoms. The Morgan fingerprint density at radius 2 is 1.79 bits per heavy atom. The van der Waals surface area contributed by atoms with Crippen LogP contribution in [0.4, 0.5) is 29.3 Å². The molecule has 15 heteroatoms. The highest BCUT2D eigenvalue weighted by Gasteiger charge is 2.31. The summed E-state index contributed by atoms with van der Waals surface area (Å²) in [4.78, 5) is 25.8. The molecule has 0 unspecified atom stereocenters. The predicted molar refractivity (Wildman–Crippen MR) is 114 cm³/mol. The molecule has 34 heavy (non-hydrogen) atoms. The summed E-state index contributed by atoms with van der Waals surface area (Å²) in [5.41, 5.74) is 4.14. The number of rotatable bonds is 7. The van der Waals surface area contributed by atoms with Crippen LogP contribution < -0.4 is 20.6 Å². The van der Waals surface area contributed by atoms with Crippen LogP contribution in [0.2, 0.25) is 0 Å². The van der Waals surface area contributed by atoms with E-state index < -0.39 is 57.1 Å². The van der Waals surface area contributed by atoms with Gasteiger partial charge in [0.25, 0.3) is 0 Å². The fraction of sp³-hybridized carbons (Fsp3) is 0.211. The van der Waals surface area contributed by atoms with Gasteiger partial charge in [0, 0.05) is 12.8 Å². The number of halogens is 3. The van der Waals surface area contributed by atoms with Crippen molar-refractivity contribution in [2.45, 2.75) is 11.1 Å². The molecule has 4 N–H and O–H groups in total. The van der Waals surface area contributed by atoms with E-state index in [9.17, 15) is 31.2 Å². The number of ether oxygens (including phenoxy) is 2. The number of benzene rings is 2. The second-order valence-electron chi connectivity index (χ2n) is 6.35. The lowest BCUT2D eigenvalue weighted by Crippen LogP contribution is -2.25. The highest BCUT2D eigenvalue weighted by Crippen LogP contribution is 2.33. The predicted octanol–water partition coefficient (Wildman–Crippen LogP) is 2.55. The van der Waals surface area contributed by atoms with E-state index in [1.165, 1.54) is 13.2 Å². The molecule has 0 aliphatic carbocycles. The van der Waals surface area contributed by atoms with Gasteiger partial charge in [-0.3, -0.25) is 4.79 Å². The second-order valence-corrected chi connectivity index (χ2v) is 7.86. The molecule has 0 radical (unpaired) electrons. The Bertz CT molecular complexity index is 1200. The van der Waals surface area contributed by atoms with E-state index in [1.807, 2.05) is 0 Å². The van der Waals surface area contributed by atoms with E-state index >= 15 is 0 Å². The van der Waals surface area contributed by atoms with E-state index in [2.05, 4.69) is 25.1 Å². The van der Waals surface area contributed by atoms with Crippen molar-refractivity contribution in [2.24, 2.45) is 10.7 Å². The van der Waals surface area contributed by atoms with Gasteiger partial charge in [0.05, 0.1) is 18.4 Å². The quantitative estimate of drug-likeness (QED) is 0.293. The van der Waals surface area contributed by atoms with E-state index in [0.717, 1.165) is 37.4 Å². The third kappa shape index (κ3) is 7.35. The Kier molecular flexibility index (Phi) is 8.42. The summed E-state index contributed by atoms with van der Waals surface area (Å²) in [5.74, 6) is -1.79. The number of alkyl halides is 3. The third-order valence-electron chi connectivity index (χ3n) is 3.83. The molecule has 0 heterocycles. The number of carbonyl (C=O) groups is 2. The summed E-state index contributed by atoms with van der Waals surface area (Å²) >= 11 is 0. The molecule has 2 aromatic rings. The number of aliphatic imine (C=N–C) groups is 1. The molecular formula is C19H19F3N4O7S. The van der Waals surface area contributed by atoms with Crippen molar-refractivity contribution in [3.63, 3.8) is 0 Å². The first kappa shape index (κ1) is 26.4. The van der Waals surface area contributed by atoms with Gasteiger partial charge in [-0.15, -0.1) is 4.99 Å². The van der Waals surface area contributed by atoms with Crippen LogP contribution in [-0.2, 0) is 30.6 Å². The van der Waals surface area contributed by atoms with Crippen LogP contribution in [0.1, 0.15) is 5.56 Å². The lowest BCUT2D eigenvalue weighted by Gasteiger charge is -2.15. The van der Waals surface area contributed by atoms with E-state index in [0.29, 0.717) is 6.07 Å². The van der Waals surface area contributed by atoms with Crippen molar-refractivity contribution < 1.29 is 44.8 Å². The summed E-state index contributed by atoms with van der Waals surface area (Å²) in [7, 11) is -2.49. The molecular weight excluding hydrogens is 485 g/mol. The summed E-state index contributed by atoms with van der Waals surface area (Å²) in [5, 5.41) is 4.73. The number of methoxy groups -OCH3 is 2. The number of carbonyl (C=O) groups excluding carboxylic acids is 2. The van der Waals surface area contributed by atoms with E-state index in [1.54, 1.807) is 0 Å². The average Bonchev–Trinajstić information content (AvgIpc) is 2.74. The number of amides is 2. The van der Waals surface area contributed by atoms with Gasteiger partial charge in [0.2, 0.25) is 11.9 Å². The molecule has 0 aromatic heterocycles. The molecule has 2 rings (SSSR count). The fourth-order valence-corrected chi connectivity index (χ4v) is 3.55. The minimum Gasteiger partial charge on any atom is -0.451 e. The molecule has 2 amide bonds. The Labute approximate surface area is 191 Å². The first-order chi connectivity index (χ1) is 15.9. The first-order valence-electron chi connectivity index (χ1n) is 9.09. The van der Waals surface area contributed by atoms with Gasteiger partial charge in [-0.05, 0) is 36.4 Å². The van der Waals surface area contributed by atoms with E-state index in [-0.39, 0.29) is 11.4 Å². The Morgan fingerprint density at radius 1 is 1.09 bits per heavy atom. The molecule has 184 valence electrons. The molecule has 0 saturated heterocycles. The monoisotopic (exact) mass is 504 g/mol. The third-order valence-corrected chi connectivity index (χ3v) is 5.11. The van der Waals surface area contributed by atoms with Crippen molar-refractivity contribution in [3.05, 3.63) is 48.0 Å². The average molecular weight is 504 g/mol. The molecule has 0 bridgehead atoms. The zero-order chi connectivity index (χ0) is 25.5. The van der Waals surface area contributed by atoms with Gasteiger partial charge < -0.3 is 30.0 Å². The summed E-state index contributed by atoms with van der Waals surface area (Å²) < 4.78 is 78.6. The fourth-order valence-electron chi connectivity index (χ4n) is 2.44. The lowest BCUT2D eigenvalue weighted by molar-refractivity contribution is -0.137. The minimum absolute atomic E-state index is 0.0129. The van der Waals surface area contributed by atoms with Crippen molar-refractivity contribution in [2.75, 3.05) is 31.5 Å². The van der Waals surface area contributed by atoms with Crippen LogP contribution in [0, 0.1) is 0 Å². The smallest absolute Gasteiger partial charge is 0.436 e. The summed E-state index contributed by atoms with van der Waals surface area (Å²) in [6, 6.07) is 6.63. The normalized spacial score (nSPS) is 12.1. The van der Waals surface area contributed by atoms with Crippen LogP contribution in [0.15, 0.2) is 52.4 Å². The van der Waals surface area contributed by atoms with Crippen molar-refractivity contribution in [1.82, 2.24) is 0 Å². The maximum absolute atomic E-state index is 13.0. The standard InChI is InChI=1S/C19H19F3N4O7S/c1-31-10-16(27)25-14-7-6-12(24-17(23)26-18(28)32-2)9-15(14)34(29,30)33-13-5-3-4-11(8-13)19(20,21)22/h3-9H,10H2,1-2H3,(H,25,27)(H3,23,24,26,28). The highest BCUT2D eigenvalue weighted by molar-refractivity contribution is 7.87. The number of hydrogen-bond donors (Lipinski definition) is 3. The summed E-state index contributed by atoms with van der Waals surface area (Å²) in [6.45, 7) is -0.410. The van der Waals surface area contributed by atoms with Crippen LogP contribution in [0.3, 0.4) is 0 Å². The van der Waals surface area contributed by atoms with Crippen molar-refractivity contribution >= 4 is 39.5 Å². The Balaban J connectivity index is 2.48. The molecule has 0 saturated carbocycles. The number of nitrogens with zero attached hydrogens (tertiary/aromatic N) is 1. The summed E-state index contributed by atoms with van der Waals surface area (Å²) in [6.07, 6.45) is -5.77. The minimum atomic E-state index is -4.79. The molecule has 0 atom stereocenters. The second kappa shape index (κ2) is 10.8. The van der Waals surface area contributed by atoms with Crippen LogP contribution in [0.25, 0.3) is 0 Å². The van der Waals surface area contributed by atoms with Gasteiger partial charge >= 0.3 is 22.4 Å². The van der Waals surface area contributed by atoms with Crippen molar-refractivity contribution in [3.8, 4) is 5.75 Å². The Hall–Kier alpha value is -3.85. The number of nitrogens with two attached hydrogens (primary N) is 1. The number of guanidine groups is 1. The SMILES string of the molecule is COCC(=O)Nc1ccc(NC(N)=NC(=O)OC)cc1S(=O)(=O)Oc1cccc(C(F)(F)F)c1. The zero-order valence-electron chi connectivity index (χ0n) is 17.7. The van der Waals surface area contributed by atoms with Crippen LogP contribution in [-0.4, -0.2) is 47.2 Å². The molecule has 11 nitrogen and oxygen atoms in total. The molecule has 2 aromatic carbocycles. The Morgan fingerprint density at radius 3 is 2.41 bits per heavy atom. The van der Waals surface area contributed by atoms with Crippen LogP contribution >= 0.6 is 0 Å². The van der Waals surface area contributed by atoms with Gasteiger partial charge in [0.1, 0.15) is 17.3 Å². The van der Waals surface area contributed by atoms with Gasteiger partial charge in [-0.25, -0.2) is 4.79 Å². The zero-order valence-corrected chi connectivity index (χ0v) is 18.5. The van der Waals surface area contributed by atoms with Gasteiger partial charge in [-0.1, -0.05) is 6.07 Å². The molecule has 0 fully saturated rings. The topological polar surface area (TPSA) is 158 Å². The first-order valence-corrected chi connectivity index (χ1v) is 10.5. The number of nitrogens with one attached hydrogen (secondary N) is 2. The highest BCUT2D eigenvalue weighted by atomic mass is 32.2. The number of anilines is 2. The van der Waals surface area contributed by atoms with E-state index in [4.69, 9.17) is 9.92 Å². The number of hydrogen-bond acceptors (Lipinski definition) is 7. The van der Waals surface area contributed by atoms with Gasteiger partial charge in [0.15, 0.2) is 0 Å². The van der Waals surface area contributed by atoms with Crippen molar-refractivity contribution in [1.29, 1.82) is 0 Å². The lowest BCUT2D eigenvalue weighted by atomic mass is 10.2. The molecule has 0 aliphatic heterocycles. The van der Waals surface area contributed by atoms with Crippen LogP contribution in [0.5, 0.6) is 5.75 Å². The maximum atomic E-state index is 13.0. The molecule has 0 aliphatic rings.